The highest BCUT2D eigenvalue weighted by atomic mass is 32.1. The molecule has 5 aromatic rings. The highest BCUT2D eigenvalue weighted by Gasteiger charge is 2.32. The number of benzene rings is 1. The number of carbonyl (C=O) groups is 2. The molecule has 0 unspecified atom stereocenters. The Morgan fingerprint density at radius 1 is 1.15 bits per heavy atom. The number of hydrogen-bond donors (Lipinski definition) is 2. The second-order valence-corrected chi connectivity index (χ2v) is 10.6. The molecule has 0 radical (unpaired) electrons. The van der Waals surface area contributed by atoms with Gasteiger partial charge >= 0.3 is 0 Å². The fourth-order valence-electron chi connectivity index (χ4n) is 4.83. The van der Waals surface area contributed by atoms with E-state index in [4.69, 9.17) is 0 Å². The van der Waals surface area contributed by atoms with Crippen LogP contribution in [0, 0.1) is 5.82 Å². The number of rotatable bonds is 6. The van der Waals surface area contributed by atoms with Crippen LogP contribution >= 0.6 is 11.3 Å². The molecule has 2 N–H and O–H groups in total. The minimum Gasteiger partial charge on any atom is -0.321 e. The first-order valence-electron chi connectivity index (χ1n) is 12.8. The van der Waals surface area contributed by atoms with Crippen molar-refractivity contribution in [1.82, 2.24) is 30.3 Å². The molecule has 1 saturated heterocycles. The molecule has 202 valence electrons. The monoisotopic (exact) mass is 556 g/mol. The SMILES string of the molecule is Cn1cc(-c2ccc(C(=O)N(c3nccc4sc(C(=O)Nc5ccncc5)cc34)[C@@H]3CCCNC3)c(F)c2)nn1. The zero-order chi connectivity index (χ0) is 27.6. The number of hydrogen-bond acceptors (Lipinski definition) is 8. The topological polar surface area (TPSA) is 118 Å². The average molecular weight is 557 g/mol. The zero-order valence-electron chi connectivity index (χ0n) is 21.5. The van der Waals surface area contributed by atoms with E-state index in [-0.39, 0.29) is 17.5 Å². The Kier molecular flexibility index (Phi) is 7.01. The fourth-order valence-corrected chi connectivity index (χ4v) is 5.77. The van der Waals surface area contributed by atoms with Gasteiger partial charge in [0.25, 0.3) is 11.8 Å². The summed E-state index contributed by atoms with van der Waals surface area (Å²) in [5, 5.41) is 14.8. The summed E-state index contributed by atoms with van der Waals surface area (Å²) in [7, 11) is 1.73. The summed E-state index contributed by atoms with van der Waals surface area (Å²) in [5.41, 5.74) is 1.59. The predicted octanol–water partition coefficient (Wildman–Crippen LogP) is 4.28. The third-order valence-electron chi connectivity index (χ3n) is 6.77. The summed E-state index contributed by atoms with van der Waals surface area (Å²) >= 11 is 1.30. The number of anilines is 2. The molecule has 6 rings (SSSR count). The van der Waals surface area contributed by atoms with E-state index in [0.29, 0.717) is 39.6 Å². The molecule has 1 aliphatic heterocycles. The highest BCUT2D eigenvalue weighted by Crippen LogP contribution is 2.35. The minimum atomic E-state index is -0.656. The molecule has 0 bridgehead atoms. The van der Waals surface area contributed by atoms with E-state index >= 15 is 4.39 Å². The standard InChI is InChI=1S/C28H25FN8O2S/c1-36-16-23(34-35-36)17-4-5-20(22(29)13-17)28(39)37(19-3-2-9-31-15-19)26-21-14-25(40-24(21)8-12-32-26)27(38)33-18-6-10-30-11-7-18/h4-8,10-14,16,19,31H,2-3,9,15H2,1H3,(H,30,33,38)/t19-/m1/s1. The van der Waals surface area contributed by atoms with Crippen LogP contribution in [0.4, 0.5) is 15.9 Å². The molecule has 12 heteroatoms. The Balaban J connectivity index is 1.38. The molecule has 0 aliphatic carbocycles. The molecule has 40 heavy (non-hydrogen) atoms. The van der Waals surface area contributed by atoms with Gasteiger partial charge in [-0.05, 0) is 55.8 Å². The van der Waals surface area contributed by atoms with Crippen LogP contribution in [0.5, 0.6) is 0 Å². The van der Waals surface area contributed by atoms with E-state index in [1.165, 1.54) is 28.2 Å². The maximum atomic E-state index is 15.5. The van der Waals surface area contributed by atoms with Crippen molar-refractivity contribution >= 4 is 44.7 Å². The van der Waals surface area contributed by atoms with Crippen LogP contribution in [0.15, 0.2) is 67.3 Å². The summed E-state index contributed by atoms with van der Waals surface area (Å²) in [4.78, 5) is 37.7. The normalized spacial score (nSPS) is 15.2. The quantitative estimate of drug-likeness (QED) is 0.321. The molecule has 2 amide bonds. The lowest BCUT2D eigenvalue weighted by Gasteiger charge is -2.34. The Morgan fingerprint density at radius 2 is 2.00 bits per heavy atom. The minimum absolute atomic E-state index is 0.0668. The lowest BCUT2D eigenvalue weighted by atomic mass is 10.0. The van der Waals surface area contributed by atoms with E-state index in [0.717, 1.165) is 24.1 Å². The van der Waals surface area contributed by atoms with Gasteiger partial charge in [-0.3, -0.25) is 24.2 Å². The van der Waals surface area contributed by atoms with Gasteiger partial charge in [-0.15, -0.1) is 16.4 Å². The molecule has 1 aliphatic rings. The number of carbonyl (C=O) groups excluding carboxylic acids is 2. The van der Waals surface area contributed by atoms with E-state index in [1.807, 2.05) is 6.07 Å². The van der Waals surface area contributed by atoms with Gasteiger partial charge in [-0.1, -0.05) is 11.3 Å². The summed E-state index contributed by atoms with van der Waals surface area (Å²) < 4.78 is 17.8. The number of pyridine rings is 2. The first-order valence-corrected chi connectivity index (χ1v) is 13.6. The third-order valence-corrected chi connectivity index (χ3v) is 7.87. The first kappa shape index (κ1) is 25.7. The van der Waals surface area contributed by atoms with E-state index in [9.17, 15) is 9.59 Å². The summed E-state index contributed by atoms with van der Waals surface area (Å²) in [6.07, 6.45) is 8.09. The number of halogens is 1. The van der Waals surface area contributed by atoms with Gasteiger partial charge in [0.1, 0.15) is 17.3 Å². The molecule has 1 aromatic carbocycles. The van der Waals surface area contributed by atoms with Crippen molar-refractivity contribution in [2.75, 3.05) is 23.3 Å². The van der Waals surface area contributed by atoms with Gasteiger partial charge in [-0.25, -0.2) is 9.37 Å². The number of aryl methyl sites for hydroxylation is 1. The van der Waals surface area contributed by atoms with Crippen molar-refractivity contribution in [3.63, 3.8) is 0 Å². The number of fused-ring (bicyclic) bond motifs is 1. The second-order valence-electron chi connectivity index (χ2n) is 9.49. The van der Waals surface area contributed by atoms with Crippen LogP contribution in [-0.2, 0) is 7.05 Å². The smallest absolute Gasteiger partial charge is 0.265 e. The van der Waals surface area contributed by atoms with Crippen LogP contribution in [0.1, 0.15) is 32.9 Å². The molecule has 0 saturated carbocycles. The Bertz CT molecular complexity index is 1700. The Labute approximate surface area is 232 Å². The molecule has 0 spiro atoms. The van der Waals surface area contributed by atoms with Crippen molar-refractivity contribution < 1.29 is 14.0 Å². The number of amides is 2. The van der Waals surface area contributed by atoms with Crippen LogP contribution in [0.3, 0.4) is 0 Å². The number of aromatic nitrogens is 5. The van der Waals surface area contributed by atoms with E-state index < -0.39 is 11.7 Å². The van der Waals surface area contributed by atoms with Gasteiger partial charge in [0.05, 0.1) is 22.7 Å². The first-order chi connectivity index (χ1) is 19.5. The molecule has 4 aromatic heterocycles. The van der Waals surface area contributed by atoms with Gasteiger partial charge in [-0.2, -0.15) is 0 Å². The number of thiophene rings is 1. The molecule has 5 heterocycles. The second kappa shape index (κ2) is 10.9. The van der Waals surface area contributed by atoms with Crippen molar-refractivity contribution in [2.45, 2.75) is 18.9 Å². The highest BCUT2D eigenvalue weighted by molar-refractivity contribution is 7.21. The predicted molar refractivity (Wildman–Crippen MR) is 151 cm³/mol. The molecule has 1 fully saturated rings. The summed E-state index contributed by atoms with van der Waals surface area (Å²) in [5.74, 6) is -1.03. The zero-order valence-corrected chi connectivity index (χ0v) is 22.4. The Hall–Kier alpha value is -4.55. The van der Waals surface area contributed by atoms with E-state index in [2.05, 4.69) is 30.9 Å². The summed E-state index contributed by atoms with van der Waals surface area (Å²) in [6, 6.07) is 11.2. The number of nitrogens with one attached hydrogen (secondary N) is 2. The van der Waals surface area contributed by atoms with Crippen LogP contribution in [-0.4, -0.2) is 55.9 Å². The lowest BCUT2D eigenvalue weighted by molar-refractivity contribution is 0.0967. The third kappa shape index (κ3) is 5.06. The average Bonchev–Trinajstić information content (AvgIpc) is 3.61. The van der Waals surface area contributed by atoms with Crippen molar-refractivity contribution in [1.29, 1.82) is 0 Å². The maximum absolute atomic E-state index is 15.5. The van der Waals surface area contributed by atoms with Gasteiger partial charge in [0, 0.05) is 53.5 Å². The van der Waals surface area contributed by atoms with Crippen molar-refractivity contribution in [2.24, 2.45) is 7.05 Å². The van der Waals surface area contributed by atoms with Gasteiger partial charge < -0.3 is 10.6 Å². The number of piperidine rings is 1. The largest absolute Gasteiger partial charge is 0.321 e. The van der Waals surface area contributed by atoms with Gasteiger partial charge in [0.2, 0.25) is 0 Å². The van der Waals surface area contributed by atoms with Crippen LogP contribution in [0.2, 0.25) is 0 Å². The van der Waals surface area contributed by atoms with Crippen molar-refractivity contribution in [3.8, 4) is 11.3 Å². The van der Waals surface area contributed by atoms with Crippen LogP contribution < -0.4 is 15.5 Å². The lowest BCUT2D eigenvalue weighted by Crippen LogP contribution is -2.49. The van der Waals surface area contributed by atoms with E-state index in [1.54, 1.807) is 61.0 Å². The summed E-state index contributed by atoms with van der Waals surface area (Å²) in [6.45, 7) is 1.39. The number of nitrogens with zero attached hydrogens (tertiary/aromatic N) is 6. The van der Waals surface area contributed by atoms with Crippen LogP contribution in [0.25, 0.3) is 21.3 Å². The van der Waals surface area contributed by atoms with Gasteiger partial charge in [0.15, 0.2) is 0 Å². The van der Waals surface area contributed by atoms with Crippen molar-refractivity contribution in [3.05, 3.63) is 83.5 Å². The Morgan fingerprint density at radius 3 is 2.73 bits per heavy atom. The molecule has 1 atom stereocenters. The maximum Gasteiger partial charge on any atom is 0.265 e. The molecule has 10 nitrogen and oxygen atoms in total. The molecular formula is C28H25FN8O2S. The fraction of sp³-hybridized carbons (Fsp3) is 0.214. The molecular weight excluding hydrogens is 531 g/mol.